The van der Waals surface area contributed by atoms with Crippen LogP contribution in [0.5, 0.6) is 0 Å². The topological polar surface area (TPSA) is 51.2 Å². The predicted molar refractivity (Wildman–Crippen MR) is 77.0 cm³/mol. The molecule has 1 aromatic rings. The molecule has 0 radical (unpaired) electrons. The largest absolute Gasteiger partial charge is 0.444 e. The lowest BCUT2D eigenvalue weighted by molar-refractivity contribution is 0.0459. The number of alkyl carbamates (subject to hydrolysis) is 1. The van der Waals surface area contributed by atoms with Gasteiger partial charge in [-0.2, -0.15) is 0 Å². The number of aryl methyl sites for hydroxylation is 1. The van der Waals surface area contributed by atoms with Crippen molar-refractivity contribution < 1.29 is 9.53 Å². The van der Waals surface area contributed by atoms with Crippen LogP contribution in [0.25, 0.3) is 0 Å². The molecule has 0 fully saturated rings. The Kier molecular flexibility index (Phi) is 3.60. The number of nitrogens with zero attached hydrogens (tertiary/aromatic N) is 1. The van der Waals surface area contributed by atoms with Crippen molar-refractivity contribution in [3.8, 4) is 0 Å². The number of carbonyl (C=O) groups excluding carboxylic acids is 1. The molecule has 0 saturated carbocycles. The van der Waals surface area contributed by atoms with Gasteiger partial charge in [0.2, 0.25) is 0 Å². The normalized spacial score (nSPS) is 21.9. The molecule has 4 nitrogen and oxygen atoms in total. The van der Waals surface area contributed by atoms with Gasteiger partial charge in [-0.05, 0) is 68.1 Å². The second-order valence-electron chi connectivity index (χ2n) is 6.12. The van der Waals surface area contributed by atoms with Crippen LogP contribution in [-0.2, 0) is 16.7 Å². The first-order chi connectivity index (χ1) is 8.70. The molecule has 1 aliphatic rings. The number of carbonyl (C=O) groups is 1. The summed E-state index contributed by atoms with van der Waals surface area (Å²) in [6.07, 6.45) is 3.12. The third-order valence-corrected chi connectivity index (χ3v) is 3.56. The maximum absolute atomic E-state index is 11.9. The molecule has 1 amide bonds. The number of pyridine rings is 1. The van der Waals surface area contributed by atoms with E-state index in [2.05, 4.69) is 32.3 Å². The highest BCUT2D eigenvalue weighted by Gasteiger charge is 2.38. The number of aromatic nitrogens is 1. The molecule has 1 aromatic heterocycles. The maximum atomic E-state index is 11.9. The van der Waals surface area contributed by atoms with Crippen LogP contribution < -0.4 is 5.32 Å². The van der Waals surface area contributed by atoms with Crippen LogP contribution in [0.4, 0.5) is 4.79 Å². The van der Waals surface area contributed by atoms with Gasteiger partial charge in [0, 0.05) is 10.7 Å². The molecule has 19 heavy (non-hydrogen) atoms. The molecule has 0 spiro atoms. The van der Waals surface area contributed by atoms with E-state index in [0.717, 1.165) is 23.0 Å². The lowest BCUT2D eigenvalue weighted by Crippen LogP contribution is -2.44. The molecular weight excluding hydrogens is 308 g/mol. The highest BCUT2D eigenvalue weighted by molar-refractivity contribution is 9.10. The monoisotopic (exact) mass is 326 g/mol. The van der Waals surface area contributed by atoms with Gasteiger partial charge in [-0.15, -0.1) is 0 Å². The minimum atomic E-state index is -0.491. The fourth-order valence-electron chi connectivity index (χ4n) is 2.32. The molecule has 0 saturated heterocycles. The number of ether oxygens (including phenoxy) is 1. The fraction of sp³-hybridized carbons (Fsp3) is 0.571. The first-order valence-corrected chi connectivity index (χ1v) is 7.15. The van der Waals surface area contributed by atoms with Crippen LogP contribution in [0.3, 0.4) is 0 Å². The first kappa shape index (κ1) is 14.3. The predicted octanol–water partition coefficient (Wildman–Crippen LogP) is 3.53. The van der Waals surface area contributed by atoms with Crippen molar-refractivity contribution in [2.45, 2.75) is 51.7 Å². The van der Waals surface area contributed by atoms with E-state index in [-0.39, 0.29) is 0 Å². The Balaban J connectivity index is 2.16. The zero-order chi connectivity index (χ0) is 14.3. The number of hydrogen-bond acceptors (Lipinski definition) is 3. The van der Waals surface area contributed by atoms with E-state index in [0.29, 0.717) is 0 Å². The smallest absolute Gasteiger partial charge is 0.408 e. The summed E-state index contributed by atoms with van der Waals surface area (Å²) in [5.74, 6) is 0. The minimum Gasteiger partial charge on any atom is -0.444 e. The van der Waals surface area contributed by atoms with Gasteiger partial charge in [0.15, 0.2) is 0 Å². The van der Waals surface area contributed by atoms with Crippen LogP contribution in [0.15, 0.2) is 16.7 Å². The van der Waals surface area contributed by atoms with Crippen LogP contribution >= 0.6 is 15.9 Å². The van der Waals surface area contributed by atoms with Crippen molar-refractivity contribution >= 4 is 22.0 Å². The lowest BCUT2D eigenvalue weighted by atomic mass is 9.99. The van der Waals surface area contributed by atoms with Gasteiger partial charge in [-0.3, -0.25) is 4.98 Å². The Hall–Kier alpha value is -1.10. The number of amides is 1. The van der Waals surface area contributed by atoms with E-state index in [4.69, 9.17) is 4.74 Å². The quantitative estimate of drug-likeness (QED) is 0.858. The van der Waals surface area contributed by atoms with Gasteiger partial charge in [0.05, 0.1) is 11.2 Å². The third-order valence-electron chi connectivity index (χ3n) is 3.13. The molecule has 1 atom stereocenters. The Labute approximate surface area is 122 Å². The Morgan fingerprint density at radius 2 is 2.21 bits per heavy atom. The zero-order valence-electron chi connectivity index (χ0n) is 11.7. The summed E-state index contributed by atoms with van der Waals surface area (Å²) in [6, 6.07) is 2.06. The summed E-state index contributed by atoms with van der Waals surface area (Å²) in [4.78, 5) is 16.4. The molecule has 0 aliphatic heterocycles. The van der Waals surface area contributed by atoms with Crippen molar-refractivity contribution in [1.29, 1.82) is 0 Å². The maximum Gasteiger partial charge on any atom is 0.408 e. The molecule has 0 aromatic carbocycles. The minimum absolute atomic E-state index is 0.396. The summed E-state index contributed by atoms with van der Waals surface area (Å²) in [5.41, 5.74) is 1.17. The number of rotatable bonds is 1. The molecule has 104 valence electrons. The van der Waals surface area contributed by atoms with Crippen LogP contribution in [0, 0.1) is 0 Å². The van der Waals surface area contributed by atoms with Crippen molar-refractivity contribution in [1.82, 2.24) is 10.3 Å². The van der Waals surface area contributed by atoms with E-state index in [1.54, 1.807) is 6.20 Å². The van der Waals surface area contributed by atoms with E-state index in [9.17, 15) is 4.79 Å². The second-order valence-corrected chi connectivity index (χ2v) is 7.04. The number of hydrogen-bond donors (Lipinski definition) is 1. The van der Waals surface area contributed by atoms with Gasteiger partial charge in [0.25, 0.3) is 0 Å². The molecule has 1 aliphatic carbocycles. The molecule has 5 heteroatoms. The van der Waals surface area contributed by atoms with Crippen LogP contribution in [-0.4, -0.2) is 16.7 Å². The van der Waals surface area contributed by atoms with Gasteiger partial charge < -0.3 is 10.1 Å². The molecule has 1 unspecified atom stereocenters. The number of nitrogens with one attached hydrogen (secondary N) is 1. The molecule has 0 bridgehead atoms. The van der Waals surface area contributed by atoms with Crippen LogP contribution in [0.1, 0.15) is 45.4 Å². The average Bonchev–Trinajstić information content (AvgIpc) is 2.52. The SMILES string of the molecule is CC(C)(C)OC(=O)NC1(C)CCc2cc(Br)cnc21. The fourth-order valence-corrected chi connectivity index (χ4v) is 2.70. The summed E-state index contributed by atoms with van der Waals surface area (Å²) in [6.45, 7) is 7.55. The summed E-state index contributed by atoms with van der Waals surface area (Å²) in [7, 11) is 0. The molecule has 1 heterocycles. The van der Waals surface area contributed by atoms with E-state index in [1.807, 2.05) is 27.7 Å². The van der Waals surface area contributed by atoms with Gasteiger partial charge >= 0.3 is 6.09 Å². The summed E-state index contributed by atoms with van der Waals surface area (Å²) < 4.78 is 6.28. The first-order valence-electron chi connectivity index (χ1n) is 6.36. The summed E-state index contributed by atoms with van der Waals surface area (Å²) in [5, 5.41) is 2.95. The van der Waals surface area contributed by atoms with Crippen molar-refractivity contribution in [2.24, 2.45) is 0 Å². The number of fused-ring (bicyclic) bond motifs is 1. The highest BCUT2D eigenvalue weighted by Crippen LogP contribution is 2.36. The Morgan fingerprint density at radius 3 is 2.84 bits per heavy atom. The van der Waals surface area contributed by atoms with Gasteiger partial charge in [0.1, 0.15) is 5.60 Å². The van der Waals surface area contributed by atoms with Crippen molar-refractivity contribution in [3.63, 3.8) is 0 Å². The van der Waals surface area contributed by atoms with E-state index < -0.39 is 17.2 Å². The van der Waals surface area contributed by atoms with E-state index >= 15 is 0 Å². The van der Waals surface area contributed by atoms with Crippen molar-refractivity contribution in [3.05, 3.63) is 28.0 Å². The van der Waals surface area contributed by atoms with Gasteiger partial charge in [-0.1, -0.05) is 0 Å². The molecule has 1 N–H and O–H groups in total. The molecular formula is C14H19BrN2O2. The van der Waals surface area contributed by atoms with Crippen molar-refractivity contribution in [2.75, 3.05) is 0 Å². The number of halogens is 1. The Morgan fingerprint density at radius 1 is 1.53 bits per heavy atom. The zero-order valence-corrected chi connectivity index (χ0v) is 13.3. The standard InChI is InChI=1S/C14H19BrN2O2/c1-13(2,3)19-12(18)17-14(4)6-5-9-7-10(15)8-16-11(9)14/h7-8H,5-6H2,1-4H3,(H,17,18). The summed E-state index contributed by atoms with van der Waals surface area (Å²) >= 11 is 3.42. The lowest BCUT2D eigenvalue weighted by Gasteiger charge is -2.28. The molecule has 2 rings (SSSR count). The average molecular weight is 327 g/mol. The Bertz CT molecular complexity index is 511. The van der Waals surface area contributed by atoms with Crippen LogP contribution in [0.2, 0.25) is 0 Å². The third kappa shape index (κ3) is 3.26. The second kappa shape index (κ2) is 4.78. The van der Waals surface area contributed by atoms with E-state index in [1.165, 1.54) is 5.56 Å². The van der Waals surface area contributed by atoms with Gasteiger partial charge in [-0.25, -0.2) is 4.79 Å². The highest BCUT2D eigenvalue weighted by atomic mass is 79.9.